The molecule has 2 nitrogen and oxygen atoms in total. The number of hydrogen-bond donors (Lipinski definition) is 0. The molecule has 0 amide bonds. The summed E-state index contributed by atoms with van der Waals surface area (Å²) in [6.45, 7) is 0. The first-order chi connectivity index (χ1) is 23.8. The molecule has 0 saturated heterocycles. The van der Waals surface area contributed by atoms with Crippen LogP contribution in [0.25, 0.3) is 87.1 Å². The van der Waals surface area contributed by atoms with Gasteiger partial charge in [0.1, 0.15) is 0 Å². The van der Waals surface area contributed by atoms with E-state index < -0.39 is 0 Å². The molecule has 8 aromatic carbocycles. The van der Waals surface area contributed by atoms with Crippen molar-refractivity contribution in [2.24, 2.45) is 0 Å². The van der Waals surface area contributed by atoms with E-state index in [1.165, 1.54) is 59.2 Å². The van der Waals surface area contributed by atoms with Crippen LogP contribution in [0, 0.1) is 12.1 Å². The van der Waals surface area contributed by atoms with Crippen LogP contribution in [0.4, 0.5) is 0 Å². The van der Waals surface area contributed by atoms with Gasteiger partial charge in [0, 0.05) is 32.5 Å². The molecule has 0 bridgehead atoms. The summed E-state index contributed by atoms with van der Waals surface area (Å²) in [6, 6.07) is 61.9. The minimum absolute atomic E-state index is 0. The molecule has 10 aromatic rings. The molecule has 2 heterocycles. The van der Waals surface area contributed by atoms with Gasteiger partial charge in [0.2, 0.25) is 0 Å². The Morgan fingerprint density at radius 1 is 0.388 bits per heavy atom. The molecule has 0 atom stereocenters. The van der Waals surface area contributed by atoms with Crippen LogP contribution in [0.5, 0.6) is 0 Å². The Hall–Kier alpha value is -5.73. The van der Waals surface area contributed by atoms with Crippen molar-refractivity contribution in [2.75, 3.05) is 0 Å². The monoisotopic (exact) mass is 801 g/mol. The molecule has 0 spiro atoms. The van der Waals surface area contributed by atoms with Crippen LogP contribution in [0.2, 0.25) is 0 Å². The number of nitrogens with zero attached hydrogens (tertiary/aromatic N) is 2. The molecule has 2 aromatic heterocycles. The standard InChI is InChI=1S/C35H20N.C11H8N.Ir/c1-3-7-27-22(5-1)15-16-30-29(27)17-18-32-31(30)19-20-36-35(32)26-14-11-24-10-13-25-12-9-23-6-2-4-8-28(23)34(25)33(24)21-26;1-2-6-10(7-3-1)11-8-4-5-9-12-11;/h1-13,15-21H;1-6,8-9H;/q2*-1;. The first-order valence-corrected chi connectivity index (χ1v) is 16.2. The maximum absolute atomic E-state index is 4.86. The molecule has 0 aliphatic heterocycles. The molecular weight excluding hydrogens is 773 g/mol. The van der Waals surface area contributed by atoms with E-state index in [1.54, 1.807) is 6.20 Å². The zero-order chi connectivity index (χ0) is 31.9. The second-order valence-corrected chi connectivity index (χ2v) is 12.0. The van der Waals surface area contributed by atoms with Gasteiger partial charge in [-0.1, -0.05) is 120 Å². The van der Waals surface area contributed by atoms with Crippen LogP contribution < -0.4 is 0 Å². The second-order valence-electron chi connectivity index (χ2n) is 12.0. The number of hydrogen-bond acceptors (Lipinski definition) is 2. The van der Waals surface area contributed by atoms with Crippen molar-refractivity contribution in [3.8, 4) is 22.5 Å². The summed E-state index contributed by atoms with van der Waals surface area (Å²) in [5, 5.41) is 15.0. The normalized spacial score (nSPS) is 11.1. The van der Waals surface area contributed by atoms with E-state index in [0.29, 0.717) is 0 Å². The fraction of sp³-hybridized carbons (Fsp3) is 0. The fourth-order valence-electron chi connectivity index (χ4n) is 6.94. The average molecular weight is 801 g/mol. The van der Waals surface area contributed by atoms with Crippen molar-refractivity contribution in [3.63, 3.8) is 0 Å². The van der Waals surface area contributed by atoms with E-state index in [9.17, 15) is 0 Å². The quantitative estimate of drug-likeness (QED) is 0.129. The number of aromatic nitrogens is 2. The van der Waals surface area contributed by atoms with Gasteiger partial charge in [-0.25, -0.2) is 0 Å². The summed E-state index contributed by atoms with van der Waals surface area (Å²) >= 11 is 0. The summed E-state index contributed by atoms with van der Waals surface area (Å²) in [5.41, 5.74) is 4.01. The smallest absolute Gasteiger partial charge is 0.0167 e. The van der Waals surface area contributed by atoms with E-state index in [-0.39, 0.29) is 20.1 Å². The fourth-order valence-corrected chi connectivity index (χ4v) is 6.94. The molecule has 0 N–H and O–H groups in total. The Balaban J connectivity index is 0.000000228. The maximum atomic E-state index is 4.86. The largest absolute Gasteiger partial charge is 0.305 e. The van der Waals surface area contributed by atoms with E-state index >= 15 is 0 Å². The summed E-state index contributed by atoms with van der Waals surface area (Å²) in [7, 11) is 0. The van der Waals surface area contributed by atoms with Crippen LogP contribution >= 0.6 is 0 Å². The Kier molecular flexibility index (Phi) is 8.15. The molecule has 1 radical (unpaired) electrons. The number of fused-ring (bicyclic) bond motifs is 10. The van der Waals surface area contributed by atoms with Gasteiger partial charge in [0.05, 0.1) is 0 Å². The number of pyridine rings is 2. The summed E-state index contributed by atoms with van der Waals surface area (Å²) in [6.07, 6.45) is 3.72. The van der Waals surface area contributed by atoms with Crippen molar-refractivity contribution < 1.29 is 20.1 Å². The van der Waals surface area contributed by atoms with Crippen molar-refractivity contribution in [1.29, 1.82) is 0 Å². The van der Waals surface area contributed by atoms with Gasteiger partial charge in [-0.05, 0) is 77.4 Å². The van der Waals surface area contributed by atoms with Gasteiger partial charge >= 0.3 is 0 Å². The number of benzene rings is 8. The van der Waals surface area contributed by atoms with Crippen LogP contribution in [0.3, 0.4) is 0 Å². The van der Waals surface area contributed by atoms with E-state index in [4.69, 9.17) is 4.98 Å². The SMILES string of the molecule is [Ir].[c-]1cc2ccc3ccc4ccccc4c3c2cc1-c1nccc2c1ccc1c3ccccc3ccc21.[c-]1ccccc1-c1ccccn1. The summed E-state index contributed by atoms with van der Waals surface area (Å²) in [5.74, 6) is 0. The molecule has 49 heavy (non-hydrogen) atoms. The van der Waals surface area contributed by atoms with Crippen LogP contribution in [0.15, 0.2) is 170 Å². The van der Waals surface area contributed by atoms with E-state index in [2.05, 4.69) is 132 Å². The van der Waals surface area contributed by atoms with E-state index in [0.717, 1.165) is 27.9 Å². The molecule has 0 saturated carbocycles. The summed E-state index contributed by atoms with van der Waals surface area (Å²) < 4.78 is 0. The average Bonchev–Trinajstić information content (AvgIpc) is 3.18. The molecule has 0 aliphatic carbocycles. The van der Waals surface area contributed by atoms with Crippen molar-refractivity contribution in [1.82, 2.24) is 9.97 Å². The van der Waals surface area contributed by atoms with Gasteiger partial charge in [-0.15, -0.1) is 59.7 Å². The molecule has 10 rings (SSSR count). The van der Waals surface area contributed by atoms with Gasteiger partial charge < -0.3 is 9.97 Å². The molecule has 3 heteroatoms. The molecule has 233 valence electrons. The van der Waals surface area contributed by atoms with Crippen molar-refractivity contribution >= 4 is 64.6 Å². The van der Waals surface area contributed by atoms with Gasteiger partial charge in [0.25, 0.3) is 0 Å². The molecule has 0 fully saturated rings. The predicted octanol–water partition coefficient (Wildman–Crippen LogP) is 12.0. The maximum Gasteiger partial charge on any atom is 0.0167 e. The topological polar surface area (TPSA) is 25.8 Å². The van der Waals surface area contributed by atoms with E-state index in [1.807, 2.05) is 48.7 Å². The molecule has 0 unspecified atom stereocenters. The van der Waals surface area contributed by atoms with Gasteiger partial charge in [-0.2, -0.15) is 0 Å². The van der Waals surface area contributed by atoms with Crippen LogP contribution in [0.1, 0.15) is 0 Å². The third kappa shape index (κ3) is 5.54. The third-order valence-electron chi connectivity index (χ3n) is 9.23. The van der Waals surface area contributed by atoms with Gasteiger partial charge in [-0.3, -0.25) is 0 Å². The second kappa shape index (κ2) is 13.1. The zero-order valence-electron chi connectivity index (χ0n) is 26.4. The van der Waals surface area contributed by atoms with Crippen molar-refractivity contribution in [2.45, 2.75) is 0 Å². The first-order valence-electron chi connectivity index (χ1n) is 16.2. The predicted molar refractivity (Wildman–Crippen MR) is 202 cm³/mol. The van der Waals surface area contributed by atoms with Crippen LogP contribution in [-0.4, -0.2) is 9.97 Å². The van der Waals surface area contributed by atoms with Crippen LogP contribution in [-0.2, 0) is 20.1 Å². The number of rotatable bonds is 2. The first kappa shape index (κ1) is 30.6. The van der Waals surface area contributed by atoms with Crippen molar-refractivity contribution in [3.05, 3.63) is 182 Å². The minimum atomic E-state index is 0. The Morgan fingerprint density at radius 2 is 1.04 bits per heavy atom. The Labute approximate surface area is 298 Å². The third-order valence-corrected chi connectivity index (χ3v) is 9.23. The zero-order valence-corrected chi connectivity index (χ0v) is 28.8. The van der Waals surface area contributed by atoms with Gasteiger partial charge in [0.15, 0.2) is 0 Å². The Morgan fingerprint density at radius 3 is 1.86 bits per heavy atom. The molecule has 0 aliphatic rings. The summed E-state index contributed by atoms with van der Waals surface area (Å²) in [4.78, 5) is 9.08. The minimum Gasteiger partial charge on any atom is -0.305 e. The molecular formula is C46H28IrN2-2. The Bertz CT molecular complexity index is 2730.